The van der Waals surface area contributed by atoms with Crippen molar-refractivity contribution in [2.45, 2.75) is 32.7 Å². The standard InChI is InChI=1S/C13H20N6O/c1-9(8-18-5-3-4-6-18)14-11-7-12-16-17-13(20)19(12)10(2)15-11/h7,9,14H,3-6,8H2,1-2H3,(H,17,20). The molecule has 0 aliphatic carbocycles. The summed E-state index contributed by atoms with van der Waals surface area (Å²) in [6.07, 6.45) is 2.60. The number of aryl methyl sites for hydroxylation is 1. The Bertz CT molecular complexity index is 654. The van der Waals surface area contributed by atoms with E-state index in [1.165, 1.54) is 30.3 Å². The van der Waals surface area contributed by atoms with Gasteiger partial charge in [-0.2, -0.15) is 5.10 Å². The first-order chi connectivity index (χ1) is 9.63. The van der Waals surface area contributed by atoms with Gasteiger partial charge in [-0.15, -0.1) is 0 Å². The third kappa shape index (κ3) is 2.53. The number of nitrogens with one attached hydrogen (secondary N) is 2. The number of aromatic nitrogens is 4. The normalized spacial score (nSPS) is 17.7. The summed E-state index contributed by atoms with van der Waals surface area (Å²) < 4.78 is 1.47. The molecular weight excluding hydrogens is 256 g/mol. The van der Waals surface area contributed by atoms with Crippen LogP contribution in [0.4, 0.5) is 5.82 Å². The highest BCUT2D eigenvalue weighted by Gasteiger charge is 2.15. The van der Waals surface area contributed by atoms with Crippen LogP contribution in [0.5, 0.6) is 0 Å². The van der Waals surface area contributed by atoms with Gasteiger partial charge in [0.15, 0.2) is 5.65 Å². The Kier molecular flexibility index (Phi) is 3.43. The van der Waals surface area contributed by atoms with Crippen LogP contribution in [0.2, 0.25) is 0 Å². The van der Waals surface area contributed by atoms with Crippen LogP contribution in [0.25, 0.3) is 5.65 Å². The first kappa shape index (κ1) is 13.1. The van der Waals surface area contributed by atoms with Gasteiger partial charge in [0.05, 0.1) is 0 Å². The molecule has 3 rings (SSSR count). The molecule has 7 nitrogen and oxygen atoms in total. The fourth-order valence-corrected chi connectivity index (χ4v) is 2.82. The molecule has 1 unspecified atom stereocenters. The van der Waals surface area contributed by atoms with E-state index >= 15 is 0 Å². The number of fused-ring (bicyclic) bond motifs is 1. The number of H-pyrrole nitrogens is 1. The van der Waals surface area contributed by atoms with Crippen molar-refractivity contribution in [3.05, 3.63) is 22.4 Å². The van der Waals surface area contributed by atoms with Crippen LogP contribution in [-0.2, 0) is 0 Å². The molecule has 3 heterocycles. The van der Waals surface area contributed by atoms with Gasteiger partial charge in [-0.05, 0) is 39.8 Å². The minimum atomic E-state index is -0.248. The van der Waals surface area contributed by atoms with E-state index in [0.29, 0.717) is 17.5 Å². The summed E-state index contributed by atoms with van der Waals surface area (Å²) in [5, 5.41) is 9.81. The molecule has 1 aliphatic rings. The summed E-state index contributed by atoms with van der Waals surface area (Å²) in [5.74, 6) is 1.40. The van der Waals surface area contributed by atoms with Crippen LogP contribution in [0.15, 0.2) is 10.9 Å². The van der Waals surface area contributed by atoms with Gasteiger partial charge in [0.2, 0.25) is 0 Å². The molecule has 1 saturated heterocycles. The minimum absolute atomic E-state index is 0.248. The average Bonchev–Trinajstić information content (AvgIpc) is 2.99. The van der Waals surface area contributed by atoms with Gasteiger partial charge < -0.3 is 10.2 Å². The third-order valence-corrected chi connectivity index (χ3v) is 3.69. The van der Waals surface area contributed by atoms with E-state index in [9.17, 15) is 4.79 Å². The van der Waals surface area contributed by atoms with Gasteiger partial charge >= 0.3 is 5.69 Å². The smallest absolute Gasteiger partial charge is 0.349 e. The molecule has 0 saturated carbocycles. The van der Waals surface area contributed by atoms with Crippen molar-refractivity contribution in [1.29, 1.82) is 0 Å². The van der Waals surface area contributed by atoms with Crippen LogP contribution in [0.1, 0.15) is 25.6 Å². The molecule has 20 heavy (non-hydrogen) atoms. The van der Waals surface area contributed by atoms with Crippen molar-refractivity contribution in [2.24, 2.45) is 0 Å². The number of hydrogen-bond donors (Lipinski definition) is 2. The summed E-state index contributed by atoms with van der Waals surface area (Å²) in [5.41, 5.74) is 0.347. The number of anilines is 1. The van der Waals surface area contributed by atoms with Crippen LogP contribution in [0, 0.1) is 6.92 Å². The summed E-state index contributed by atoms with van der Waals surface area (Å²) in [7, 11) is 0. The second-order valence-electron chi connectivity index (χ2n) is 5.46. The fourth-order valence-electron chi connectivity index (χ4n) is 2.82. The zero-order chi connectivity index (χ0) is 14.1. The van der Waals surface area contributed by atoms with E-state index in [-0.39, 0.29) is 5.69 Å². The predicted molar refractivity (Wildman–Crippen MR) is 77.1 cm³/mol. The van der Waals surface area contributed by atoms with Crippen LogP contribution in [0.3, 0.4) is 0 Å². The Morgan fingerprint density at radius 3 is 2.95 bits per heavy atom. The first-order valence-electron chi connectivity index (χ1n) is 7.07. The van der Waals surface area contributed by atoms with E-state index in [1.54, 1.807) is 13.0 Å². The topological polar surface area (TPSA) is 78.3 Å². The Morgan fingerprint density at radius 1 is 1.45 bits per heavy atom. The lowest BCUT2D eigenvalue weighted by molar-refractivity contribution is 0.327. The molecule has 2 aromatic heterocycles. The van der Waals surface area contributed by atoms with Gasteiger partial charge in [-0.3, -0.25) is 0 Å². The zero-order valence-electron chi connectivity index (χ0n) is 11.9. The lowest BCUT2D eigenvalue weighted by Gasteiger charge is -2.21. The summed E-state index contributed by atoms with van der Waals surface area (Å²) in [6.45, 7) is 7.34. The van der Waals surface area contributed by atoms with E-state index in [0.717, 1.165) is 12.4 Å². The van der Waals surface area contributed by atoms with Gasteiger partial charge in [0, 0.05) is 18.7 Å². The van der Waals surface area contributed by atoms with Crippen LogP contribution >= 0.6 is 0 Å². The Labute approximate surface area is 117 Å². The number of aromatic amines is 1. The molecule has 0 radical (unpaired) electrons. The third-order valence-electron chi connectivity index (χ3n) is 3.69. The van der Waals surface area contributed by atoms with Crippen molar-refractivity contribution in [2.75, 3.05) is 25.0 Å². The second kappa shape index (κ2) is 5.24. The van der Waals surface area contributed by atoms with Crippen molar-refractivity contribution in [3.8, 4) is 0 Å². The Balaban J connectivity index is 1.75. The first-order valence-corrected chi connectivity index (χ1v) is 7.07. The fraction of sp³-hybridized carbons (Fsp3) is 0.615. The van der Waals surface area contributed by atoms with Gasteiger partial charge in [-0.25, -0.2) is 19.3 Å². The lowest BCUT2D eigenvalue weighted by Crippen LogP contribution is -2.33. The maximum Gasteiger partial charge on any atom is 0.349 e. The molecule has 2 N–H and O–H groups in total. The van der Waals surface area contributed by atoms with E-state index < -0.39 is 0 Å². The van der Waals surface area contributed by atoms with E-state index in [1.807, 2.05) is 0 Å². The average molecular weight is 276 g/mol. The van der Waals surface area contributed by atoms with Gasteiger partial charge in [0.25, 0.3) is 0 Å². The largest absolute Gasteiger partial charge is 0.366 e. The number of rotatable bonds is 4. The maximum atomic E-state index is 11.5. The maximum absolute atomic E-state index is 11.5. The molecule has 7 heteroatoms. The second-order valence-corrected chi connectivity index (χ2v) is 5.46. The summed E-state index contributed by atoms with van der Waals surface area (Å²) in [6, 6.07) is 2.11. The minimum Gasteiger partial charge on any atom is -0.366 e. The monoisotopic (exact) mass is 276 g/mol. The molecular formula is C13H20N6O. The van der Waals surface area contributed by atoms with Gasteiger partial charge in [-0.1, -0.05) is 0 Å². The van der Waals surface area contributed by atoms with Crippen LogP contribution in [-0.4, -0.2) is 50.2 Å². The van der Waals surface area contributed by atoms with Crippen molar-refractivity contribution < 1.29 is 0 Å². The summed E-state index contributed by atoms with van der Waals surface area (Å²) in [4.78, 5) is 18.4. The van der Waals surface area contributed by atoms with Crippen molar-refractivity contribution in [3.63, 3.8) is 0 Å². The van der Waals surface area contributed by atoms with Crippen LogP contribution < -0.4 is 11.0 Å². The molecule has 0 aromatic carbocycles. The zero-order valence-corrected chi connectivity index (χ0v) is 11.9. The van der Waals surface area contributed by atoms with E-state index in [4.69, 9.17) is 0 Å². The highest BCUT2D eigenvalue weighted by atomic mass is 16.1. The highest BCUT2D eigenvalue weighted by Crippen LogP contribution is 2.12. The summed E-state index contributed by atoms with van der Waals surface area (Å²) >= 11 is 0. The number of likely N-dealkylation sites (tertiary alicyclic amines) is 1. The number of hydrogen-bond acceptors (Lipinski definition) is 5. The molecule has 2 aromatic rings. The molecule has 1 fully saturated rings. The number of nitrogens with zero attached hydrogens (tertiary/aromatic N) is 4. The predicted octanol–water partition coefficient (Wildman–Crippen LogP) is 0.622. The molecule has 0 amide bonds. The van der Waals surface area contributed by atoms with Gasteiger partial charge in [0.1, 0.15) is 11.6 Å². The molecule has 108 valence electrons. The Morgan fingerprint density at radius 2 is 2.20 bits per heavy atom. The van der Waals surface area contributed by atoms with Crippen molar-refractivity contribution in [1.82, 2.24) is 24.5 Å². The SMILES string of the molecule is Cc1nc(NC(C)CN2CCCC2)cc2n[nH]c(=O)n12. The lowest BCUT2D eigenvalue weighted by atomic mass is 10.3. The molecule has 1 atom stereocenters. The van der Waals surface area contributed by atoms with Crippen molar-refractivity contribution >= 4 is 11.5 Å². The molecule has 0 bridgehead atoms. The van der Waals surface area contributed by atoms with E-state index in [2.05, 4.69) is 32.3 Å². The molecule has 0 spiro atoms. The molecule has 1 aliphatic heterocycles. The quantitative estimate of drug-likeness (QED) is 0.856. The Hall–Kier alpha value is -1.89. The highest BCUT2D eigenvalue weighted by molar-refractivity contribution is 5.50.